The Balaban J connectivity index is 1.81. The molecule has 0 spiro atoms. The van der Waals surface area contributed by atoms with E-state index in [-0.39, 0.29) is 5.91 Å². The van der Waals surface area contributed by atoms with Gasteiger partial charge < -0.3 is 10.2 Å². The Bertz CT molecular complexity index is 431. The van der Waals surface area contributed by atoms with Crippen LogP contribution in [0.5, 0.6) is 0 Å². The van der Waals surface area contributed by atoms with Gasteiger partial charge in [0.25, 0.3) is 5.91 Å². The maximum atomic E-state index is 12.5. The number of fused-ring (bicyclic) bond motifs is 1. The second-order valence-electron chi connectivity index (χ2n) is 5.32. The molecule has 3 nitrogen and oxygen atoms in total. The molecule has 18 heavy (non-hydrogen) atoms. The van der Waals surface area contributed by atoms with Crippen LogP contribution in [0.2, 0.25) is 0 Å². The first kappa shape index (κ1) is 12.2. The number of hydrogen-bond donors (Lipinski definition) is 1. The monoisotopic (exact) mass is 264 g/mol. The molecular weight excluding hydrogens is 244 g/mol. The summed E-state index contributed by atoms with van der Waals surface area (Å²) < 4.78 is 0. The topological polar surface area (TPSA) is 32.3 Å². The van der Waals surface area contributed by atoms with Crippen LogP contribution < -0.4 is 5.32 Å². The second-order valence-corrected chi connectivity index (χ2v) is 6.45. The predicted molar refractivity (Wildman–Crippen MR) is 74.3 cm³/mol. The van der Waals surface area contributed by atoms with Gasteiger partial charge in [0.05, 0.1) is 4.88 Å². The Morgan fingerprint density at radius 1 is 1.44 bits per heavy atom. The summed E-state index contributed by atoms with van der Waals surface area (Å²) in [5.74, 6) is 0.239. The van der Waals surface area contributed by atoms with Crippen LogP contribution in [0, 0.1) is 0 Å². The largest absolute Gasteiger partial charge is 0.333 e. The van der Waals surface area contributed by atoms with Gasteiger partial charge in [-0.15, -0.1) is 11.3 Å². The van der Waals surface area contributed by atoms with E-state index in [0.29, 0.717) is 6.04 Å². The highest BCUT2D eigenvalue weighted by Crippen LogP contribution is 2.30. The van der Waals surface area contributed by atoms with Gasteiger partial charge in [-0.25, -0.2) is 0 Å². The van der Waals surface area contributed by atoms with Gasteiger partial charge in [0.1, 0.15) is 0 Å². The number of carbonyl (C=O) groups excluding carboxylic acids is 1. The quantitative estimate of drug-likeness (QED) is 0.842. The Hall–Kier alpha value is -0.870. The zero-order valence-electron chi connectivity index (χ0n) is 10.9. The standard InChI is InChI=1S/C14H20N2OS/c1-10-9-15-6-7-16(10)14(17)13-8-11-4-2-3-5-12(11)18-13/h8,10,15H,2-7,9H2,1H3/t10-/m0/s1. The fourth-order valence-electron chi connectivity index (χ4n) is 2.88. The van der Waals surface area contributed by atoms with E-state index < -0.39 is 0 Å². The average molecular weight is 264 g/mol. The van der Waals surface area contributed by atoms with Crippen LogP contribution in [0.4, 0.5) is 0 Å². The molecule has 1 saturated heterocycles. The van der Waals surface area contributed by atoms with Crippen molar-refractivity contribution in [1.82, 2.24) is 10.2 Å². The van der Waals surface area contributed by atoms with Crippen molar-refractivity contribution >= 4 is 17.2 Å². The molecule has 1 aromatic heterocycles. The molecule has 1 atom stereocenters. The Kier molecular flexibility index (Phi) is 3.39. The summed E-state index contributed by atoms with van der Waals surface area (Å²) in [6.07, 6.45) is 4.90. The Morgan fingerprint density at radius 3 is 3.06 bits per heavy atom. The summed E-state index contributed by atoms with van der Waals surface area (Å²) in [6.45, 7) is 4.79. The minimum Gasteiger partial charge on any atom is -0.333 e. The van der Waals surface area contributed by atoms with Gasteiger partial charge in [0.15, 0.2) is 0 Å². The number of nitrogens with zero attached hydrogens (tertiary/aromatic N) is 1. The number of piperazine rings is 1. The molecule has 0 unspecified atom stereocenters. The van der Waals surface area contributed by atoms with E-state index in [1.165, 1.54) is 29.7 Å². The normalized spacial score (nSPS) is 23.8. The number of carbonyl (C=O) groups is 1. The zero-order valence-corrected chi connectivity index (χ0v) is 11.7. The zero-order chi connectivity index (χ0) is 12.5. The smallest absolute Gasteiger partial charge is 0.264 e. The lowest BCUT2D eigenvalue weighted by Gasteiger charge is -2.33. The van der Waals surface area contributed by atoms with Crippen molar-refractivity contribution < 1.29 is 4.79 Å². The van der Waals surface area contributed by atoms with Crippen LogP contribution in [0.1, 0.15) is 39.9 Å². The van der Waals surface area contributed by atoms with Gasteiger partial charge in [-0.1, -0.05) is 0 Å². The number of amides is 1. The van der Waals surface area contributed by atoms with Gasteiger partial charge >= 0.3 is 0 Å². The third-order valence-corrected chi connectivity index (χ3v) is 5.19. The van der Waals surface area contributed by atoms with Crippen LogP contribution in [-0.4, -0.2) is 36.5 Å². The van der Waals surface area contributed by atoms with Crippen molar-refractivity contribution in [2.24, 2.45) is 0 Å². The second kappa shape index (κ2) is 5.02. The Morgan fingerprint density at radius 2 is 2.28 bits per heavy atom. The number of rotatable bonds is 1. The van der Waals surface area contributed by atoms with Gasteiger partial charge in [-0.3, -0.25) is 4.79 Å². The summed E-state index contributed by atoms with van der Waals surface area (Å²) >= 11 is 1.73. The summed E-state index contributed by atoms with van der Waals surface area (Å²) in [5, 5.41) is 3.33. The highest BCUT2D eigenvalue weighted by atomic mass is 32.1. The van der Waals surface area contributed by atoms with Gasteiger partial charge in [0, 0.05) is 30.6 Å². The molecule has 1 fully saturated rings. The highest BCUT2D eigenvalue weighted by Gasteiger charge is 2.26. The van der Waals surface area contributed by atoms with Crippen molar-refractivity contribution in [1.29, 1.82) is 0 Å². The van der Waals surface area contributed by atoms with E-state index in [0.717, 1.165) is 30.9 Å². The van der Waals surface area contributed by atoms with E-state index in [9.17, 15) is 4.79 Å². The highest BCUT2D eigenvalue weighted by molar-refractivity contribution is 7.14. The lowest BCUT2D eigenvalue weighted by Crippen LogP contribution is -2.52. The van der Waals surface area contributed by atoms with E-state index in [2.05, 4.69) is 18.3 Å². The number of hydrogen-bond acceptors (Lipinski definition) is 3. The molecule has 0 radical (unpaired) electrons. The molecule has 2 aliphatic rings. The molecule has 98 valence electrons. The minimum absolute atomic E-state index is 0.239. The van der Waals surface area contributed by atoms with Crippen molar-refractivity contribution in [2.75, 3.05) is 19.6 Å². The lowest BCUT2D eigenvalue weighted by molar-refractivity contribution is 0.0661. The van der Waals surface area contributed by atoms with Crippen LogP contribution in [0.3, 0.4) is 0 Å². The summed E-state index contributed by atoms with van der Waals surface area (Å²) in [5.41, 5.74) is 1.43. The van der Waals surface area contributed by atoms with E-state index in [1.807, 2.05) is 4.90 Å². The van der Waals surface area contributed by atoms with Gasteiger partial charge in [-0.2, -0.15) is 0 Å². The molecule has 0 bridgehead atoms. The van der Waals surface area contributed by atoms with E-state index >= 15 is 0 Å². The molecule has 1 aliphatic carbocycles. The minimum atomic E-state index is 0.239. The average Bonchev–Trinajstić information content (AvgIpc) is 2.82. The Labute approximate surface area is 112 Å². The summed E-state index contributed by atoms with van der Waals surface area (Å²) in [4.78, 5) is 17.0. The number of nitrogens with one attached hydrogen (secondary N) is 1. The number of thiophene rings is 1. The van der Waals surface area contributed by atoms with Crippen molar-refractivity contribution in [3.8, 4) is 0 Å². The van der Waals surface area contributed by atoms with Crippen molar-refractivity contribution in [3.63, 3.8) is 0 Å². The van der Waals surface area contributed by atoms with Gasteiger partial charge in [-0.05, 0) is 44.2 Å². The molecule has 4 heteroatoms. The first-order valence-electron chi connectivity index (χ1n) is 6.89. The number of aryl methyl sites for hydroxylation is 2. The van der Waals surface area contributed by atoms with E-state index in [4.69, 9.17) is 0 Å². The third-order valence-electron chi connectivity index (χ3n) is 3.97. The maximum Gasteiger partial charge on any atom is 0.264 e. The fourth-order valence-corrected chi connectivity index (χ4v) is 4.09. The van der Waals surface area contributed by atoms with Crippen molar-refractivity contribution in [2.45, 2.75) is 38.6 Å². The lowest BCUT2D eigenvalue weighted by atomic mass is 9.99. The fraction of sp³-hybridized carbons (Fsp3) is 0.643. The van der Waals surface area contributed by atoms with Gasteiger partial charge in [0.2, 0.25) is 0 Å². The SMILES string of the molecule is C[C@H]1CNCCN1C(=O)c1cc2c(s1)CCCC2. The summed E-state index contributed by atoms with van der Waals surface area (Å²) in [6, 6.07) is 2.46. The van der Waals surface area contributed by atoms with Crippen LogP contribution >= 0.6 is 11.3 Å². The molecule has 1 aromatic rings. The molecule has 3 rings (SSSR count). The first-order valence-corrected chi connectivity index (χ1v) is 7.70. The molecule has 0 saturated carbocycles. The third kappa shape index (κ3) is 2.19. The molecular formula is C14H20N2OS. The molecule has 1 N–H and O–H groups in total. The van der Waals surface area contributed by atoms with Crippen LogP contribution in [0.25, 0.3) is 0 Å². The van der Waals surface area contributed by atoms with Crippen molar-refractivity contribution in [3.05, 3.63) is 21.4 Å². The van der Waals surface area contributed by atoms with Crippen LogP contribution in [0.15, 0.2) is 6.07 Å². The maximum absolute atomic E-state index is 12.5. The molecule has 2 heterocycles. The predicted octanol–water partition coefficient (Wildman–Crippen LogP) is 2.06. The van der Waals surface area contributed by atoms with E-state index in [1.54, 1.807) is 11.3 Å². The van der Waals surface area contributed by atoms with Crippen LogP contribution in [-0.2, 0) is 12.8 Å². The molecule has 1 amide bonds. The molecule has 1 aliphatic heterocycles. The molecule has 0 aromatic carbocycles. The summed E-state index contributed by atoms with van der Waals surface area (Å²) in [7, 11) is 0. The first-order chi connectivity index (χ1) is 8.75.